The van der Waals surface area contributed by atoms with Crippen molar-refractivity contribution in [2.24, 2.45) is 0 Å². The molecule has 0 bridgehead atoms. The highest BCUT2D eigenvalue weighted by atomic mass is 32.2. The summed E-state index contributed by atoms with van der Waals surface area (Å²) in [6.07, 6.45) is 3.43. The van der Waals surface area contributed by atoms with Gasteiger partial charge in [-0.15, -0.1) is 10.2 Å². The minimum absolute atomic E-state index is 0.0928. The van der Waals surface area contributed by atoms with Gasteiger partial charge >= 0.3 is 0 Å². The van der Waals surface area contributed by atoms with E-state index in [-0.39, 0.29) is 11.7 Å². The van der Waals surface area contributed by atoms with Crippen LogP contribution in [-0.4, -0.2) is 38.5 Å². The SMILES string of the molecule is COc1ccc(-n2c(SCC(=O)Nc3c(C)cc(C)cc3C)nnc2-c2ccncc2)cc1. The molecule has 8 heteroatoms. The number of ether oxygens (including phenoxy) is 1. The van der Waals surface area contributed by atoms with Crippen molar-refractivity contribution in [3.8, 4) is 22.8 Å². The molecule has 4 aromatic rings. The molecule has 0 unspecified atom stereocenters. The summed E-state index contributed by atoms with van der Waals surface area (Å²) >= 11 is 1.34. The number of hydrogen-bond donors (Lipinski definition) is 1. The van der Waals surface area contributed by atoms with Crippen LogP contribution in [0.1, 0.15) is 16.7 Å². The predicted molar refractivity (Wildman–Crippen MR) is 131 cm³/mol. The van der Waals surface area contributed by atoms with Gasteiger partial charge in [-0.1, -0.05) is 29.5 Å². The molecule has 0 atom stereocenters. The first-order valence-electron chi connectivity index (χ1n) is 10.5. The number of thioether (sulfide) groups is 1. The second-order valence-electron chi connectivity index (χ2n) is 7.69. The van der Waals surface area contributed by atoms with Crippen molar-refractivity contribution in [1.82, 2.24) is 19.7 Å². The van der Waals surface area contributed by atoms with E-state index in [4.69, 9.17) is 4.74 Å². The van der Waals surface area contributed by atoms with E-state index in [1.54, 1.807) is 19.5 Å². The number of aromatic nitrogens is 4. The quantitative estimate of drug-likeness (QED) is 0.392. The van der Waals surface area contributed by atoms with Crippen LogP contribution >= 0.6 is 11.8 Å². The summed E-state index contributed by atoms with van der Waals surface area (Å²) in [7, 11) is 1.63. The Bertz CT molecular complexity index is 1250. The molecule has 168 valence electrons. The Morgan fingerprint density at radius 3 is 2.30 bits per heavy atom. The monoisotopic (exact) mass is 459 g/mol. The summed E-state index contributed by atoms with van der Waals surface area (Å²) in [5.41, 5.74) is 5.89. The van der Waals surface area contributed by atoms with Gasteiger partial charge in [0.2, 0.25) is 5.91 Å². The Labute approximate surface area is 197 Å². The molecule has 0 spiro atoms. The fourth-order valence-electron chi connectivity index (χ4n) is 3.70. The van der Waals surface area contributed by atoms with Crippen LogP contribution in [0, 0.1) is 20.8 Å². The maximum absolute atomic E-state index is 12.8. The maximum Gasteiger partial charge on any atom is 0.234 e. The van der Waals surface area contributed by atoms with Gasteiger partial charge in [-0.2, -0.15) is 0 Å². The fraction of sp³-hybridized carbons (Fsp3) is 0.200. The molecular formula is C25H25N5O2S. The third-order valence-corrected chi connectivity index (χ3v) is 6.11. The summed E-state index contributed by atoms with van der Waals surface area (Å²) in [5.74, 6) is 1.55. The van der Waals surface area contributed by atoms with Crippen molar-refractivity contribution in [2.45, 2.75) is 25.9 Å². The molecule has 2 heterocycles. The molecule has 0 fully saturated rings. The highest BCUT2D eigenvalue weighted by Crippen LogP contribution is 2.29. The van der Waals surface area contributed by atoms with Gasteiger partial charge in [0.1, 0.15) is 5.75 Å². The number of rotatable bonds is 7. The first-order chi connectivity index (χ1) is 16.0. The molecular weight excluding hydrogens is 434 g/mol. The topological polar surface area (TPSA) is 81.9 Å². The number of amides is 1. The lowest BCUT2D eigenvalue weighted by atomic mass is 10.1. The molecule has 0 saturated heterocycles. The van der Waals surface area contributed by atoms with Gasteiger partial charge in [-0.3, -0.25) is 14.3 Å². The summed E-state index contributed by atoms with van der Waals surface area (Å²) < 4.78 is 7.23. The van der Waals surface area contributed by atoms with Crippen molar-refractivity contribution >= 4 is 23.4 Å². The van der Waals surface area contributed by atoms with Crippen molar-refractivity contribution < 1.29 is 9.53 Å². The molecule has 1 amide bonds. The summed E-state index contributed by atoms with van der Waals surface area (Å²) in [5, 5.41) is 12.5. The smallest absolute Gasteiger partial charge is 0.234 e. The number of methoxy groups -OCH3 is 1. The zero-order valence-corrected chi connectivity index (χ0v) is 19.8. The van der Waals surface area contributed by atoms with Crippen LogP contribution in [-0.2, 0) is 4.79 Å². The molecule has 2 aromatic carbocycles. The minimum Gasteiger partial charge on any atom is -0.497 e. The number of pyridine rings is 1. The predicted octanol–water partition coefficient (Wildman–Crippen LogP) is 4.99. The Morgan fingerprint density at radius 1 is 1.00 bits per heavy atom. The third kappa shape index (κ3) is 5.06. The first-order valence-corrected chi connectivity index (χ1v) is 11.5. The Morgan fingerprint density at radius 2 is 1.67 bits per heavy atom. The number of carbonyl (C=O) groups excluding carboxylic acids is 1. The molecule has 33 heavy (non-hydrogen) atoms. The van der Waals surface area contributed by atoms with E-state index in [9.17, 15) is 4.79 Å². The van der Waals surface area contributed by atoms with Crippen LogP contribution in [0.15, 0.2) is 66.1 Å². The fourth-order valence-corrected chi connectivity index (χ4v) is 4.45. The van der Waals surface area contributed by atoms with E-state index in [0.717, 1.165) is 33.8 Å². The Hall–Kier alpha value is -3.65. The van der Waals surface area contributed by atoms with Crippen LogP contribution in [0.4, 0.5) is 5.69 Å². The van der Waals surface area contributed by atoms with Crippen LogP contribution in [0.25, 0.3) is 17.1 Å². The van der Waals surface area contributed by atoms with Gasteiger partial charge in [0.25, 0.3) is 0 Å². The second-order valence-corrected chi connectivity index (χ2v) is 8.63. The number of nitrogens with zero attached hydrogens (tertiary/aromatic N) is 4. The Balaban J connectivity index is 1.60. The lowest BCUT2D eigenvalue weighted by molar-refractivity contribution is -0.113. The standard InChI is InChI=1S/C25H25N5O2S/c1-16-13-17(2)23(18(3)14-16)27-22(31)15-33-25-29-28-24(19-9-11-26-12-10-19)30(25)20-5-7-21(32-4)8-6-20/h5-14H,15H2,1-4H3,(H,27,31). The number of nitrogens with one attached hydrogen (secondary N) is 1. The summed E-state index contributed by atoms with van der Waals surface area (Å²) in [4.78, 5) is 16.9. The average Bonchev–Trinajstić information content (AvgIpc) is 3.24. The van der Waals surface area contributed by atoms with Crippen LogP contribution in [0.3, 0.4) is 0 Å². The van der Waals surface area contributed by atoms with Crippen molar-refractivity contribution in [3.05, 3.63) is 77.6 Å². The molecule has 0 aliphatic carbocycles. The van der Waals surface area contributed by atoms with Gasteiger partial charge in [0.05, 0.1) is 12.9 Å². The van der Waals surface area contributed by atoms with Crippen molar-refractivity contribution in [2.75, 3.05) is 18.2 Å². The number of hydrogen-bond acceptors (Lipinski definition) is 6. The lowest BCUT2D eigenvalue weighted by Crippen LogP contribution is -2.16. The summed E-state index contributed by atoms with van der Waals surface area (Å²) in [6, 6.07) is 15.5. The number of carbonyl (C=O) groups is 1. The van der Waals surface area contributed by atoms with Gasteiger partial charge in [-0.05, 0) is 68.3 Å². The number of benzene rings is 2. The normalized spacial score (nSPS) is 10.8. The zero-order chi connectivity index (χ0) is 23.4. The zero-order valence-electron chi connectivity index (χ0n) is 19.0. The molecule has 1 N–H and O–H groups in total. The van der Waals surface area contributed by atoms with E-state index in [2.05, 4.69) is 32.6 Å². The molecule has 0 aliphatic heterocycles. The molecule has 4 rings (SSSR count). The highest BCUT2D eigenvalue weighted by molar-refractivity contribution is 7.99. The largest absolute Gasteiger partial charge is 0.497 e. The van der Waals surface area contributed by atoms with E-state index < -0.39 is 0 Å². The van der Waals surface area contributed by atoms with E-state index in [1.165, 1.54) is 17.3 Å². The minimum atomic E-state index is -0.0928. The Kier molecular flexibility index (Phi) is 6.74. The second kappa shape index (κ2) is 9.87. The highest BCUT2D eigenvalue weighted by Gasteiger charge is 2.18. The molecule has 0 saturated carbocycles. The maximum atomic E-state index is 12.8. The van der Waals surface area contributed by atoms with Crippen LogP contribution < -0.4 is 10.1 Å². The van der Waals surface area contributed by atoms with E-state index >= 15 is 0 Å². The lowest BCUT2D eigenvalue weighted by Gasteiger charge is -2.13. The molecule has 0 aliphatic rings. The molecule has 0 radical (unpaired) electrons. The van der Waals surface area contributed by atoms with E-state index in [1.807, 2.05) is 61.7 Å². The molecule has 2 aromatic heterocycles. The van der Waals surface area contributed by atoms with Gasteiger partial charge < -0.3 is 10.1 Å². The van der Waals surface area contributed by atoms with Crippen molar-refractivity contribution in [3.63, 3.8) is 0 Å². The third-order valence-electron chi connectivity index (χ3n) is 5.18. The average molecular weight is 460 g/mol. The number of aryl methyl sites for hydroxylation is 3. The number of anilines is 1. The van der Waals surface area contributed by atoms with Gasteiger partial charge in [0.15, 0.2) is 11.0 Å². The first kappa shape index (κ1) is 22.5. The van der Waals surface area contributed by atoms with Crippen LogP contribution in [0.2, 0.25) is 0 Å². The van der Waals surface area contributed by atoms with Crippen molar-refractivity contribution in [1.29, 1.82) is 0 Å². The van der Waals surface area contributed by atoms with Gasteiger partial charge in [-0.25, -0.2) is 0 Å². The molecule has 7 nitrogen and oxygen atoms in total. The van der Waals surface area contributed by atoms with E-state index in [0.29, 0.717) is 11.0 Å². The summed E-state index contributed by atoms with van der Waals surface area (Å²) in [6.45, 7) is 6.06. The van der Waals surface area contributed by atoms with Gasteiger partial charge in [0, 0.05) is 29.3 Å². The van der Waals surface area contributed by atoms with Crippen LogP contribution in [0.5, 0.6) is 5.75 Å².